The van der Waals surface area contributed by atoms with Gasteiger partial charge in [0.05, 0.1) is 12.3 Å². The molecule has 1 unspecified atom stereocenters. The first-order valence-corrected chi connectivity index (χ1v) is 7.56. The largest absolute Gasteiger partial charge is 0.464 e. The Kier molecular flexibility index (Phi) is 5.76. The van der Waals surface area contributed by atoms with Crippen LogP contribution in [0.2, 0.25) is 0 Å². The molecule has 2 aromatic rings. The van der Waals surface area contributed by atoms with Crippen LogP contribution in [-0.2, 0) is 12.3 Å². The van der Waals surface area contributed by atoms with E-state index in [-0.39, 0.29) is 17.6 Å². The Hall–Kier alpha value is -1.40. The summed E-state index contributed by atoms with van der Waals surface area (Å²) in [7, 11) is 0. The molecule has 0 radical (unpaired) electrons. The average molecular weight is 315 g/mol. The number of benzene rings is 1. The molecule has 0 aliphatic carbocycles. The van der Waals surface area contributed by atoms with Gasteiger partial charge in [0.15, 0.2) is 0 Å². The molecule has 0 bridgehead atoms. The van der Waals surface area contributed by atoms with Crippen molar-refractivity contribution in [1.29, 1.82) is 0 Å². The van der Waals surface area contributed by atoms with Gasteiger partial charge in [-0.3, -0.25) is 0 Å². The quantitative estimate of drug-likeness (QED) is 0.800. The molecule has 0 amide bonds. The maximum atomic E-state index is 13.6. The second kappa shape index (κ2) is 7.56. The first kappa shape index (κ1) is 16.0. The Balaban J connectivity index is 1.87. The van der Waals surface area contributed by atoms with Crippen LogP contribution in [0.15, 0.2) is 40.8 Å². The lowest BCUT2D eigenvalue weighted by Gasteiger charge is -2.13. The van der Waals surface area contributed by atoms with Crippen LogP contribution in [0, 0.1) is 5.82 Å². The summed E-state index contributed by atoms with van der Waals surface area (Å²) in [6, 6.07) is 9.81. The Labute approximate surface area is 125 Å². The van der Waals surface area contributed by atoms with Gasteiger partial charge in [-0.25, -0.2) is 4.39 Å². The van der Waals surface area contributed by atoms with E-state index in [9.17, 15) is 13.2 Å². The smallest absolute Gasteiger partial charge is 0.284 e. The SMILES string of the molecule is CC(NCc1ccc(CSC(F)F)o1)c1ccccc1F. The Morgan fingerprint density at radius 2 is 1.86 bits per heavy atom. The van der Waals surface area contributed by atoms with Gasteiger partial charge in [-0.05, 0) is 25.1 Å². The third-order valence-corrected chi connectivity index (χ3v) is 3.73. The van der Waals surface area contributed by atoms with Crippen molar-refractivity contribution in [1.82, 2.24) is 5.32 Å². The highest BCUT2D eigenvalue weighted by Gasteiger charge is 2.11. The molecule has 0 spiro atoms. The first-order valence-electron chi connectivity index (χ1n) is 6.51. The summed E-state index contributed by atoms with van der Waals surface area (Å²) in [6.07, 6.45) is 0. The molecule has 114 valence electrons. The molecule has 2 rings (SSSR count). The van der Waals surface area contributed by atoms with Crippen LogP contribution >= 0.6 is 11.8 Å². The van der Waals surface area contributed by atoms with E-state index in [1.807, 2.05) is 6.92 Å². The molecule has 0 fully saturated rings. The molecule has 0 aliphatic heterocycles. The summed E-state index contributed by atoms with van der Waals surface area (Å²) in [5.74, 6) is -1.37. The van der Waals surface area contributed by atoms with E-state index in [1.165, 1.54) is 6.07 Å². The minimum Gasteiger partial charge on any atom is -0.464 e. The molecule has 21 heavy (non-hydrogen) atoms. The molecule has 0 aliphatic rings. The van der Waals surface area contributed by atoms with Crippen LogP contribution < -0.4 is 5.32 Å². The maximum absolute atomic E-state index is 13.6. The van der Waals surface area contributed by atoms with Gasteiger partial charge >= 0.3 is 0 Å². The van der Waals surface area contributed by atoms with Crippen molar-refractivity contribution in [3.8, 4) is 0 Å². The summed E-state index contributed by atoms with van der Waals surface area (Å²) in [5, 5.41) is 3.15. The number of alkyl halides is 2. The molecule has 1 atom stereocenters. The number of thioether (sulfide) groups is 1. The molecule has 2 nitrogen and oxygen atoms in total. The lowest BCUT2D eigenvalue weighted by atomic mass is 10.1. The number of nitrogens with one attached hydrogen (secondary N) is 1. The molecular formula is C15H16F3NOS. The Morgan fingerprint density at radius 3 is 2.57 bits per heavy atom. The maximum Gasteiger partial charge on any atom is 0.284 e. The molecular weight excluding hydrogens is 299 g/mol. The van der Waals surface area contributed by atoms with E-state index in [0.717, 1.165) is 0 Å². The van der Waals surface area contributed by atoms with Crippen molar-refractivity contribution in [3.63, 3.8) is 0 Å². The second-order valence-corrected chi connectivity index (χ2v) is 5.54. The van der Waals surface area contributed by atoms with Gasteiger partial charge < -0.3 is 9.73 Å². The van der Waals surface area contributed by atoms with Crippen molar-refractivity contribution in [2.75, 3.05) is 0 Å². The van der Waals surface area contributed by atoms with Crippen LogP contribution in [0.4, 0.5) is 13.2 Å². The molecule has 1 aromatic carbocycles. The van der Waals surface area contributed by atoms with E-state index in [0.29, 0.717) is 35.4 Å². The van der Waals surface area contributed by atoms with Crippen molar-refractivity contribution in [2.45, 2.75) is 31.0 Å². The van der Waals surface area contributed by atoms with Crippen LogP contribution in [0.25, 0.3) is 0 Å². The molecule has 1 aromatic heterocycles. The van der Waals surface area contributed by atoms with E-state index in [1.54, 1.807) is 30.3 Å². The van der Waals surface area contributed by atoms with Gasteiger partial charge in [0, 0.05) is 11.6 Å². The molecule has 1 N–H and O–H groups in total. The van der Waals surface area contributed by atoms with Gasteiger partial charge in [-0.1, -0.05) is 30.0 Å². The fourth-order valence-electron chi connectivity index (χ4n) is 1.93. The molecule has 0 saturated heterocycles. The number of halogens is 3. The zero-order chi connectivity index (χ0) is 15.2. The van der Waals surface area contributed by atoms with Crippen molar-refractivity contribution in [3.05, 3.63) is 59.3 Å². The lowest BCUT2D eigenvalue weighted by Crippen LogP contribution is -2.18. The topological polar surface area (TPSA) is 25.2 Å². The first-order chi connectivity index (χ1) is 10.1. The van der Waals surface area contributed by atoms with E-state index < -0.39 is 5.76 Å². The minimum absolute atomic E-state index is 0.139. The van der Waals surface area contributed by atoms with E-state index in [4.69, 9.17) is 4.42 Å². The third-order valence-electron chi connectivity index (χ3n) is 3.02. The number of furan rings is 1. The predicted octanol–water partition coefficient (Wildman–Crippen LogP) is 4.73. The average Bonchev–Trinajstić information content (AvgIpc) is 2.91. The monoisotopic (exact) mass is 315 g/mol. The highest BCUT2D eigenvalue weighted by atomic mass is 32.2. The fraction of sp³-hybridized carbons (Fsp3) is 0.333. The summed E-state index contributed by atoms with van der Waals surface area (Å²) in [4.78, 5) is 0. The van der Waals surface area contributed by atoms with Gasteiger partial charge in [0.1, 0.15) is 17.3 Å². The van der Waals surface area contributed by atoms with Crippen molar-refractivity contribution < 1.29 is 17.6 Å². The van der Waals surface area contributed by atoms with Crippen LogP contribution in [-0.4, -0.2) is 5.76 Å². The summed E-state index contributed by atoms with van der Waals surface area (Å²) in [5.41, 5.74) is 0.581. The standard InChI is InChI=1S/C15H16F3NOS/c1-10(13-4-2-3-5-14(13)16)19-8-11-6-7-12(20-11)9-21-15(17)18/h2-7,10,15,19H,8-9H2,1H3. The Morgan fingerprint density at radius 1 is 1.14 bits per heavy atom. The zero-order valence-electron chi connectivity index (χ0n) is 11.5. The summed E-state index contributed by atoms with van der Waals surface area (Å²) >= 11 is 0.524. The summed E-state index contributed by atoms with van der Waals surface area (Å²) in [6.45, 7) is 2.27. The van der Waals surface area contributed by atoms with Crippen LogP contribution in [0.3, 0.4) is 0 Å². The van der Waals surface area contributed by atoms with Gasteiger partial charge in [-0.15, -0.1) is 0 Å². The van der Waals surface area contributed by atoms with E-state index >= 15 is 0 Å². The fourth-order valence-corrected chi connectivity index (χ4v) is 2.38. The molecule has 1 heterocycles. The van der Waals surface area contributed by atoms with Crippen molar-refractivity contribution in [2.24, 2.45) is 0 Å². The van der Waals surface area contributed by atoms with Gasteiger partial charge in [-0.2, -0.15) is 8.78 Å². The zero-order valence-corrected chi connectivity index (χ0v) is 12.3. The van der Waals surface area contributed by atoms with Crippen molar-refractivity contribution >= 4 is 11.8 Å². The van der Waals surface area contributed by atoms with Crippen LogP contribution in [0.5, 0.6) is 0 Å². The van der Waals surface area contributed by atoms with Gasteiger partial charge in [0.2, 0.25) is 0 Å². The minimum atomic E-state index is -2.40. The predicted molar refractivity (Wildman–Crippen MR) is 77.7 cm³/mol. The van der Waals surface area contributed by atoms with Crippen LogP contribution in [0.1, 0.15) is 30.0 Å². The number of hydrogen-bond acceptors (Lipinski definition) is 3. The molecule has 0 saturated carbocycles. The highest BCUT2D eigenvalue weighted by molar-refractivity contribution is 7.98. The number of rotatable bonds is 7. The summed E-state index contributed by atoms with van der Waals surface area (Å²) < 4.78 is 43.2. The lowest BCUT2D eigenvalue weighted by molar-refractivity contribution is 0.251. The van der Waals surface area contributed by atoms with Gasteiger partial charge in [0.25, 0.3) is 5.76 Å². The second-order valence-electron chi connectivity index (χ2n) is 4.56. The molecule has 6 heteroatoms. The Bertz CT molecular complexity index is 574. The van der Waals surface area contributed by atoms with E-state index in [2.05, 4.69) is 5.32 Å². The number of hydrogen-bond donors (Lipinski definition) is 1. The third kappa shape index (κ3) is 4.82. The normalized spacial score (nSPS) is 12.8. The highest BCUT2D eigenvalue weighted by Crippen LogP contribution is 2.22.